The second kappa shape index (κ2) is 5.49. The summed E-state index contributed by atoms with van der Waals surface area (Å²) in [5, 5.41) is 6.24. The number of hydrogen-bond donors (Lipinski definition) is 2. The summed E-state index contributed by atoms with van der Waals surface area (Å²) in [6.45, 7) is 7.95. The van der Waals surface area contributed by atoms with Gasteiger partial charge in [0.2, 0.25) is 5.91 Å². The molecule has 0 unspecified atom stereocenters. The topological polar surface area (TPSA) is 58.2 Å². The number of rotatable bonds is 2. The van der Waals surface area contributed by atoms with Crippen molar-refractivity contribution in [1.82, 2.24) is 10.6 Å². The summed E-state index contributed by atoms with van der Waals surface area (Å²) < 4.78 is 0. The van der Waals surface area contributed by atoms with E-state index in [0.29, 0.717) is 17.7 Å². The number of benzene rings is 1. The minimum absolute atomic E-state index is 0.0240. The zero-order valence-electron chi connectivity index (χ0n) is 12.3. The zero-order valence-corrected chi connectivity index (χ0v) is 12.3. The summed E-state index contributed by atoms with van der Waals surface area (Å²) in [6, 6.07) is 5.66. The van der Waals surface area contributed by atoms with E-state index in [4.69, 9.17) is 0 Å². The molecule has 0 saturated carbocycles. The minimum atomic E-state index is -0.0647. The zero-order chi connectivity index (χ0) is 14.9. The van der Waals surface area contributed by atoms with Crippen LogP contribution in [0.15, 0.2) is 23.8 Å². The molecule has 1 aromatic rings. The van der Waals surface area contributed by atoms with Crippen molar-refractivity contribution < 1.29 is 9.59 Å². The van der Waals surface area contributed by atoms with Crippen LogP contribution in [-0.2, 0) is 4.79 Å². The van der Waals surface area contributed by atoms with Gasteiger partial charge in [0.05, 0.1) is 5.70 Å². The number of nitrogens with one attached hydrogen (secondary N) is 2. The fourth-order valence-corrected chi connectivity index (χ4v) is 2.29. The summed E-state index contributed by atoms with van der Waals surface area (Å²) in [7, 11) is 0. The second-order valence-corrected chi connectivity index (χ2v) is 5.34. The Balaban J connectivity index is 2.53. The van der Waals surface area contributed by atoms with Crippen LogP contribution in [0, 0.1) is 6.92 Å². The van der Waals surface area contributed by atoms with Crippen LogP contribution in [0.4, 0.5) is 0 Å². The van der Waals surface area contributed by atoms with Gasteiger partial charge in [0.25, 0.3) is 0 Å². The van der Waals surface area contributed by atoms with Gasteiger partial charge in [-0.05, 0) is 39.3 Å². The van der Waals surface area contributed by atoms with Crippen molar-refractivity contribution in [3.8, 4) is 0 Å². The Morgan fingerprint density at radius 2 is 2.00 bits per heavy atom. The number of hydrogen-bond acceptors (Lipinski definition) is 3. The lowest BCUT2D eigenvalue weighted by molar-refractivity contribution is -0.117. The molecule has 0 saturated heterocycles. The quantitative estimate of drug-likeness (QED) is 0.810. The largest absolute Gasteiger partial charge is 0.382 e. The molecule has 20 heavy (non-hydrogen) atoms. The molecule has 0 radical (unpaired) electrons. The molecule has 2 N–H and O–H groups in total. The van der Waals surface area contributed by atoms with Crippen molar-refractivity contribution in [1.29, 1.82) is 0 Å². The molecule has 1 amide bonds. The fraction of sp³-hybridized carbons (Fsp3) is 0.375. The molecule has 4 nitrogen and oxygen atoms in total. The van der Waals surface area contributed by atoms with Crippen LogP contribution >= 0.6 is 0 Å². The normalized spacial score (nSPS) is 19.2. The second-order valence-electron chi connectivity index (χ2n) is 5.34. The van der Waals surface area contributed by atoms with Crippen molar-refractivity contribution in [2.24, 2.45) is 0 Å². The molecule has 2 rings (SSSR count). The highest BCUT2D eigenvalue weighted by atomic mass is 16.1. The molecule has 0 bridgehead atoms. The van der Waals surface area contributed by atoms with Gasteiger partial charge in [-0.2, -0.15) is 0 Å². The molecule has 106 valence electrons. The van der Waals surface area contributed by atoms with Crippen LogP contribution in [0.2, 0.25) is 0 Å². The van der Waals surface area contributed by atoms with Crippen LogP contribution < -0.4 is 10.6 Å². The number of carbonyl (C=O) groups excluding carboxylic acids is 2. The minimum Gasteiger partial charge on any atom is -0.382 e. The molecule has 4 heteroatoms. The van der Waals surface area contributed by atoms with Crippen molar-refractivity contribution >= 4 is 17.4 Å². The summed E-state index contributed by atoms with van der Waals surface area (Å²) in [6.07, 6.45) is 0. The van der Waals surface area contributed by atoms with E-state index in [-0.39, 0.29) is 17.7 Å². The van der Waals surface area contributed by atoms with E-state index < -0.39 is 0 Å². The molecule has 1 atom stereocenters. The third-order valence-corrected chi connectivity index (χ3v) is 3.59. The van der Waals surface area contributed by atoms with Crippen molar-refractivity contribution in [3.63, 3.8) is 0 Å². The van der Waals surface area contributed by atoms with Gasteiger partial charge in [-0.1, -0.05) is 12.1 Å². The van der Waals surface area contributed by atoms with Gasteiger partial charge < -0.3 is 10.6 Å². The van der Waals surface area contributed by atoms with Gasteiger partial charge in [0.1, 0.15) is 0 Å². The highest BCUT2D eigenvalue weighted by molar-refractivity contribution is 6.02. The predicted molar refractivity (Wildman–Crippen MR) is 79.4 cm³/mol. The summed E-state index contributed by atoms with van der Waals surface area (Å²) in [4.78, 5) is 23.6. The average molecular weight is 272 g/mol. The Kier molecular flexibility index (Phi) is 3.93. The number of carbonyl (C=O) groups is 2. The van der Waals surface area contributed by atoms with E-state index >= 15 is 0 Å². The lowest BCUT2D eigenvalue weighted by Gasteiger charge is -2.15. The number of Topliss-reactive ketones (excluding diaryl/α,β-unsaturated/α-hetero) is 1. The molecule has 1 aromatic carbocycles. The molecular formula is C16H20N2O2. The number of amides is 1. The van der Waals surface area contributed by atoms with Crippen LogP contribution in [0.5, 0.6) is 0 Å². The van der Waals surface area contributed by atoms with E-state index in [0.717, 1.165) is 16.8 Å². The Bertz CT molecular complexity index is 602. The van der Waals surface area contributed by atoms with Crippen molar-refractivity contribution in [3.05, 3.63) is 40.5 Å². The Hall–Kier alpha value is -2.10. The molecule has 0 aromatic heterocycles. The SMILES string of the molecule is CC(=O)c1ccc(C)c(C2=C(C)C(=O)N[C@H](C)CN2)c1. The number of ketones is 1. The third-order valence-electron chi connectivity index (χ3n) is 3.59. The van der Waals surface area contributed by atoms with Gasteiger partial charge in [-0.15, -0.1) is 0 Å². The van der Waals surface area contributed by atoms with E-state index in [1.807, 2.05) is 32.0 Å². The average Bonchev–Trinajstić information content (AvgIpc) is 2.51. The highest BCUT2D eigenvalue weighted by Gasteiger charge is 2.20. The molecule has 1 aliphatic heterocycles. The Labute approximate surface area is 119 Å². The van der Waals surface area contributed by atoms with Gasteiger partial charge in [-0.3, -0.25) is 9.59 Å². The maximum Gasteiger partial charge on any atom is 0.249 e. The van der Waals surface area contributed by atoms with Crippen LogP contribution in [0.25, 0.3) is 5.70 Å². The fourth-order valence-electron chi connectivity index (χ4n) is 2.29. The molecule has 0 aliphatic carbocycles. The maximum atomic E-state index is 12.1. The van der Waals surface area contributed by atoms with Gasteiger partial charge >= 0.3 is 0 Å². The lowest BCUT2D eigenvalue weighted by Crippen LogP contribution is -2.36. The Morgan fingerprint density at radius 1 is 1.30 bits per heavy atom. The third kappa shape index (κ3) is 2.74. The standard InChI is InChI=1S/C16H20N2O2/c1-9-5-6-13(12(4)19)7-14(9)15-11(3)16(20)18-10(2)8-17-15/h5-7,10,17H,8H2,1-4H3,(H,18,20)/t10-/m1/s1. The Morgan fingerprint density at radius 3 is 2.65 bits per heavy atom. The van der Waals surface area contributed by atoms with Crippen molar-refractivity contribution in [2.75, 3.05) is 6.54 Å². The monoisotopic (exact) mass is 272 g/mol. The van der Waals surface area contributed by atoms with Crippen LogP contribution in [0.3, 0.4) is 0 Å². The first-order valence-corrected chi connectivity index (χ1v) is 6.77. The first-order chi connectivity index (χ1) is 9.40. The van der Waals surface area contributed by atoms with Crippen LogP contribution in [0.1, 0.15) is 42.3 Å². The summed E-state index contributed by atoms with van der Waals surface area (Å²) >= 11 is 0. The van der Waals surface area contributed by atoms with E-state index in [1.165, 1.54) is 0 Å². The molecule has 0 fully saturated rings. The number of aryl methyl sites for hydroxylation is 1. The van der Waals surface area contributed by atoms with Gasteiger partial charge in [0, 0.05) is 29.3 Å². The predicted octanol–water partition coefficient (Wildman–Crippen LogP) is 2.04. The van der Waals surface area contributed by atoms with Crippen molar-refractivity contribution in [2.45, 2.75) is 33.7 Å². The first kappa shape index (κ1) is 14.3. The summed E-state index contributed by atoms with van der Waals surface area (Å²) in [5.41, 5.74) is 4.08. The smallest absolute Gasteiger partial charge is 0.249 e. The van der Waals surface area contributed by atoms with E-state index in [1.54, 1.807) is 13.8 Å². The summed E-state index contributed by atoms with van der Waals surface area (Å²) in [5.74, 6) is -0.0407. The van der Waals surface area contributed by atoms with Crippen LogP contribution in [-0.4, -0.2) is 24.3 Å². The van der Waals surface area contributed by atoms with E-state index in [9.17, 15) is 9.59 Å². The van der Waals surface area contributed by atoms with Gasteiger partial charge in [0.15, 0.2) is 5.78 Å². The first-order valence-electron chi connectivity index (χ1n) is 6.77. The lowest BCUT2D eigenvalue weighted by atomic mass is 9.98. The molecular weight excluding hydrogens is 252 g/mol. The van der Waals surface area contributed by atoms with E-state index in [2.05, 4.69) is 10.6 Å². The highest BCUT2D eigenvalue weighted by Crippen LogP contribution is 2.23. The molecule has 1 aliphatic rings. The maximum absolute atomic E-state index is 12.1. The molecule has 0 spiro atoms. The molecule has 1 heterocycles. The van der Waals surface area contributed by atoms with Gasteiger partial charge in [-0.25, -0.2) is 0 Å².